The van der Waals surface area contributed by atoms with Crippen LogP contribution in [0.5, 0.6) is 0 Å². The van der Waals surface area contributed by atoms with E-state index in [0.29, 0.717) is 47.1 Å². The van der Waals surface area contributed by atoms with Gasteiger partial charge in [0.1, 0.15) is 23.1 Å². The number of aliphatic hydroxyl groups is 1. The standard InChI is InChI=1S/C23H19ClF2N6O/c1-12-19(16-6-7-28-18-9-13(24)4-5-15(16)18)23(31-8-2-3-14(33)11-31)32-22(29-12)17(10-27)20(30-32)21(25)26/h4-7,9,14,21,33H,2-3,8,11H2,1H3/t14-/m1/s1. The van der Waals surface area contributed by atoms with Gasteiger partial charge in [0.25, 0.3) is 6.43 Å². The SMILES string of the molecule is Cc1nc2c(C#N)c(C(F)F)nn2c(N2CCC[C@@H](O)C2)c1-c1ccnc2cc(Cl)ccc12. The molecule has 0 amide bonds. The molecule has 33 heavy (non-hydrogen) atoms. The Bertz CT molecular complexity index is 1430. The lowest BCUT2D eigenvalue weighted by Gasteiger charge is -2.33. The van der Waals surface area contributed by atoms with E-state index in [1.165, 1.54) is 4.52 Å². The minimum absolute atomic E-state index is 0.0746. The van der Waals surface area contributed by atoms with Crippen LogP contribution < -0.4 is 4.90 Å². The number of nitriles is 1. The van der Waals surface area contributed by atoms with Gasteiger partial charge >= 0.3 is 0 Å². The average Bonchev–Trinajstić information content (AvgIpc) is 3.16. The van der Waals surface area contributed by atoms with Crippen molar-refractivity contribution in [3.63, 3.8) is 0 Å². The van der Waals surface area contributed by atoms with Crippen molar-refractivity contribution in [3.8, 4) is 17.2 Å². The Kier molecular flexibility index (Phi) is 5.35. The van der Waals surface area contributed by atoms with E-state index < -0.39 is 18.2 Å². The van der Waals surface area contributed by atoms with Crippen molar-refractivity contribution < 1.29 is 13.9 Å². The molecule has 0 unspecified atom stereocenters. The summed E-state index contributed by atoms with van der Waals surface area (Å²) in [6.07, 6.45) is -0.455. The Morgan fingerprint density at radius 3 is 2.85 bits per heavy atom. The van der Waals surface area contributed by atoms with Gasteiger partial charge in [-0.15, -0.1) is 0 Å². The number of pyridine rings is 1. The predicted octanol–water partition coefficient (Wildman–Crippen LogP) is 4.68. The molecule has 1 atom stereocenters. The molecular formula is C23H19ClF2N6O. The third-order valence-corrected chi connectivity index (χ3v) is 6.17. The van der Waals surface area contributed by atoms with Crippen molar-refractivity contribution in [2.75, 3.05) is 18.0 Å². The van der Waals surface area contributed by atoms with Crippen LogP contribution in [0.4, 0.5) is 14.6 Å². The number of hydrogen-bond acceptors (Lipinski definition) is 6. The first-order valence-electron chi connectivity index (χ1n) is 10.5. The van der Waals surface area contributed by atoms with Gasteiger partial charge in [0.05, 0.1) is 17.3 Å². The molecule has 1 fully saturated rings. The summed E-state index contributed by atoms with van der Waals surface area (Å²) in [5.74, 6) is 0.516. The topological polar surface area (TPSA) is 90.3 Å². The van der Waals surface area contributed by atoms with Crippen molar-refractivity contribution in [1.29, 1.82) is 5.26 Å². The first kappa shape index (κ1) is 21.5. The summed E-state index contributed by atoms with van der Waals surface area (Å²) < 4.78 is 28.8. The first-order valence-corrected chi connectivity index (χ1v) is 10.9. The van der Waals surface area contributed by atoms with Crippen molar-refractivity contribution in [2.24, 2.45) is 0 Å². The van der Waals surface area contributed by atoms with Crippen molar-refractivity contribution in [1.82, 2.24) is 19.6 Å². The lowest BCUT2D eigenvalue weighted by atomic mass is 9.98. The molecule has 1 aliphatic rings. The number of β-amino-alcohol motifs (C(OH)–C–C–N with tert-alkyl or cyclic N) is 1. The summed E-state index contributed by atoms with van der Waals surface area (Å²) >= 11 is 6.16. The molecule has 0 saturated carbocycles. The highest BCUT2D eigenvalue weighted by Gasteiger charge is 2.30. The van der Waals surface area contributed by atoms with E-state index >= 15 is 0 Å². The quantitative estimate of drug-likeness (QED) is 0.469. The fraction of sp³-hybridized carbons (Fsp3) is 0.304. The van der Waals surface area contributed by atoms with Crippen LogP contribution in [0.15, 0.2) is 30.5 Å². The maximum Gasteiger partial charge on any atom is 0.283 e. The van der Waals surface area contributed by atoms with E-state index in [9.17, 15) is 19.1 Å². The van der Waals surface area contributed by atoms with Crippen LogP contribution in [0.1, 0.15) is 36.2 Å². The van der Waals surface area contributed by atoms with Crippen LogP contribution in [0.3, 0.4) is 0 Å². The Labute approximate surface area is 192 Å². The number of benzene rings is 1. The fourth-order valence-electron chi connectivity index (χ4n) is 4.51. The number of anilines is 1. The number of aryl methyl sites for hydroxylation is 1. The zero-order chi connectivity index (χ0) is 23.3. The predicted molar refractivity (Wildman–Crippen MR) is 121 cm³/mol. The fourth-order valence-corrected chi connectivity index (χ4v) is 4.68. The molecule has 10 heteroatoms. The second kappa shape index (κ2) is 8.21. The highest BCUT2D eigenvalue weighted by molar-refractivity contribution is 6.31. The van der Waals surface area contributed by atoms with Crippen LogP contribution >= 0.6 is 11.6 Å². The van der Waals surface area contributed by atoms with E-state index in [1.807, 2.05) is 23.1 Å². The summed E-state index contributed by atoms with van der Waals surface area (Å²) in [4.78, 5) is 10.9. The van der Waals surface area contributed by atoms with Crippen LogP contribution in [-0.4, -0.2) is 43.9 Å². The summed E-state index contributed by atoms with van der Waals surface area (Å²) in [7, 11) is 0. The molecule has 5 rings (SSSR count). The van der Waals surface area contributed by atoms with Gasteiger partial charge in [-0.2, -0.15) is 14.9 Å². The smallest absolute Gasteiger partial charge is 0.283 e. The maximum absolute atomic E-state index is 13.7. The largest absolute Gasteiger partial charge is 0.391 e. The van der Waals surface area contributed by atoms with Gasteiger partial charge in [-0.1, -0.05) is 17.7 Å². The normalized spacial score (nSPS) is 16.6. The van der Waals surface area contributed by atoms with Gasteiger partial charge in [-0.25, -0.2) is 13.8 Å². The second-order valence-electron chi connectivity index (χ2n) is 8.07. The van der Waals surface area contributed by atoms with Gasteiger partial charge in [0.2, 0.25) is 0 Å². The third-order valence-electron chi connectivity index (χ3n) is 5.94. The van der Waals surface area contributed by atoms with Crippen molar-refractivity contribution >= 4 is 34.0 Å². The Morgan fingerprint density at radius 1 is 1.30 bits per heavy atom. The minimum Gasteiger partial charge on any atom is -0.391 e. The summed E-state index contributed by atoms with van der Waals surface area (Å²) in [5.41, 5.74) is 1.92. The minimum atomic E-state index is -2.92. The molecule has 1 aliphatic heterocycles. The summed E-state index contributed by atoms with van der Waals surface area (Å²) in [6.45, 7) is 2.69. The second-order valence-corrected chi connectivity index (χ2v) is 8.50. The zero-order valence-corrected chi connectivity index (χ0v) is 18.4. The number of piperidine rings is 1. The van der Waals surface area contributed by atoms with Gasteiger partial charge in [0.15, 0.2) is 5.65 Å². The third kappa shape index (κ3) is 3.56. The summed E-state index contributed by atoms with van der Waals surface area (Å²) in [5, 5.41) is 25.4. The van der Waals surface area contributed by atoms with Gasteiger partial charge in [0, 0.05) is 35.3 Å². The van der Waals surface area contributed by atoms with Gasteiger partial charge in [-0.05, 0) is 43.5 Å². The Hall–Kier alpha value is -3.35. The first-order chi connectivity index (χ1) is 15.9. The molecule has 3 aromatic heterocycles. The van der Waals surface area contributed by atoms with E-state index in [0.717, 1.165) is 17.4 Å². The van der Waals surface area contributed by atoms with Gasteiger partial charge in [-0.3, -0.25) is 4.98 Å². The molecule has 4 aromatic rings. The lowest BCUT2D eigenvalue weighted by molar-refractivity contribution is 0.145. The lowest BCUT2D eigenvalue weighted by Crippen LogP contribution is -2.39. The number of hydrogen-bond donors (Lipinski definition) is 1. The molecular weight excluding hydrogens is 450 g/mol. The van der Waals surface area contributed by atoms with Crippen LogP contribution in [0.2, 0.25) is 5.02 Å². The number of halogens is 3. The molecule has 1 aromatic carbocycles. The van der Waals surface area contributed by atoms with E-state index in [4.69, 9.17) is 11.6 Å². The van der Waals surface area contributed by atoms with E-state index in [-0.39, 0.29) is 11.2 Å². The van der Waals surface area contributed by atoms with Crippen LogP contribution in [-0.2, 0) is 0 Å². The number of aliphatic hydroxyl groups excluding tert-OH is 1. The Morgan fingerprint density at radius 2 is 2.12 bits per heavy atom. The molecule has 0 spiro atoms. The maximum atomic E-state index is 13.7. The number of rotatable bonds is 3. The molecule has 0 aliphatic carbocycles. The van der Waals surface area contributed by atoms with E-state index in [1.54, 1.807) is 25.3 Å². The number of nitrogens with zero attached hydrogens (tertiary/aromatic N) is 6. The molecule has 1 N–H and O–H groups in total. The Balaban J connectivity index is 1.89. The van der Waals surface area contributed by atoms with Crippen LogP contribution in [0, 0.1) is 18.3 Å². The highest BCUT2D eigenvalue weighted by atomic mass is 35.5. The highest BCUT2D eigenvalue weighted by Crippen LogP contribution is 2.40. The summed E-state index contributed by atoms with van der Waals surface area (Å²) in [6, 6.07) is 9.04. The zero-order valence-electron chi connectivity index (χ0n) is 17.6. The molecule has 1 saturated heterocycles. The van der Waals surface area contributed by atoms with Crippen molar-refractivity contribution in [3.05, 3.63) is 52.4 Å². The molecule has 0 radical (unpaired) electrons. The molecule has 7 nitrogen and oxygen atoms in total. The number of alkyl halides is 2. The average molecular weight is 469 g/mol. The van der Waals surface area contributed by atoms with Crippen LogP contribution in [0.25, 0.3) is 27.7 Å². The van der Waals surface area contributed by atoms with Crippen molar-refractivity contribution in [2.45, 2.75) is 32.3 Å². The molecule has 4 heterocycles. The number of aromatic nitrogens is 4. The van der Waals surface area contributed by atoms with Gasteiger partial charge < -0.3 is 10.0 Å². The molecule has 0 bridgehead atoms. The molecule has 168 valence electrons. The number of fused-ring (bicyclic) bond motifs is 2. The monoisotopic (exact) mass is 468 g/mol. The van der Waals surface area contributed by atoms with E-state index in [2.05, 4.69) is 15.1 Å².